The van der Waals surface area contributed by atoms with Crippen molar-refractivity contribution in [3.63, 3.8) is 0 Å². The normalized spacial score (nSPS) is 14.6. The number of amides is 2. The summed E-state index contributed by atoms with van der Waals surface area (Å²) in [6.45, 7) is 5.51. The van der Waals surface area contributed by atoms with Crippen molar-refractivity contribution in [1.29, 1.82) is 0 Å². The minimum Gasteiger partial charge on any atom is -0.351 e. The third-order valence-electron chi connectivity index (χ3n) is 8.46. The molecule has 0 bridgehead atoms. The maximum absolute atomic E-state index is 14.3. The predicted octanol–water partition coefficient (Wildman–Crippen LogP) is 6.60. The summed E-state index contributed by atoms with van der Waals surface area (Å²) in [5.41, 5.74) is 11.3. The first-order valence-electron chi connectivity index (χ1n) is 15.4. The van der Waals surface area contributed by atoms with Gasteiger partial charge in [0.05, 0.1) is 18.0 Å². The van der Waals surface area contributed by atoms with E-state index in [2.05, 4.69) is 62.2 Å². The average molecular weight is 654 g/mol. The van der Waals surface area contributed by atoms with Gasteiger partial charge in [-0.1, -0.05) is 107 Å². The number of nitrogens with one attached hydrogen (secondary N) is 1. The molecule has 5 rings (SSSR count). The van der Waals surface area contributed by atoms with Crippen molar-refractivity contribution < 1.29 is 9.59 Å². The molecule has 0 spiro atoms. The zero-order valence-electron chi connectivity index (χ0n) is 25.3. The molecule has 228 valence electrons. The van der Waals surface area contributed by atoms with E-state index in [0.29, 0.717) is 25.1 Å². The molecule has 0 saturated carbocycles. The maximum atomic E-state index is 14.3. The van der Waals surface area contributed by atoms with E-state index in [1.165, 1.54) is 5.56 Å². The van der Waals surface area contributed by atoms with Crippen LogP contribution in [-0.4, -0.2) is 53.8 Å². The SMILES string of the molecule is CC(c1cccc(-c2ccccc2)c1C(=O)NCCN)N(C(=O)Cc1ccc(Br)cc1)C1CCN(Cc2ccccc2)CC1. The number of piperidine rings is 1. The maximum Gasteiger partial charge on any atom is 0.252 e. The van der Waals surface area contributed by atoms with E-state index in [0.717, 1.165) is 59.2 Å². The summed E-state index contributed by atoms with van der Waals surface area (Å²) in [6.07, 6.45) is 2.04. The van der Waals surface area contributed by atoms with Crippen molar-refractivity contribution in [2.45, 2.75) is 44.8 Å². The fraction of sp³-hybridized carbons (Fsp3) is 0.297. The molecule has 1 fully saturated rings. The molecule has 6 nitrogen and oxygen atoms in total. The highest BCUT2D eigenvalue weighted by atomic mass is 79.9. The number of hydrogen-bond donors (Lipinski definition) is 2. The van der Waals surface area contributed by atoms with Gasteiger partial charge in [-0.3, -0.25) is 14.5 Å². The Balaban J connectivity index is 1.48. The van der Waals surface area contributed by atoms with Crippen LogP contribution in [-0.2, 0) is 17.8 Å². The van der Waals surface area contributed by atoms with E-state index < -0.39 is 0 Å². The quantitative estimate of drug-likeness (QED) is 0.191. The predicted molar refractivity (Wildman–Crippen MR) is 181 cm³/mol. The Labute approximate surface area is 269 Å². The van der Waals surface area contributed by atoms with Crippen LogP contribution in [0.2, 0.25) is 0 Å². The van der Waals surface area contributed by atoms with Crippen LogP contribution in [0, 0.1) is 0 Å². The molecule has 3 N–H and O–H groups in total. The lowest BCUT2D eigenvalue weighted by atomic mass is 9.89. The molecule has 4 aromatic carbocycles. The van der Waals surface area contributed by atoms with Gasteiger partial charge < -0.3 is 16.0 Å². The molecule has 0 radical (unpaired) electrons. The number of hydrogen-bond acceptors (Lipinski definition) is 4. The van der Waals surface area contributed by atoms with Gasteiger partial charge in [0.1, 0.15) is 0 Å². The largest absolute Gasteiger partial charge is 0.351 e. The van der Waals surface area contributed by atoms with Gasteiger partial charge >= 0.3 is 0 Å². The second-order valence-corrected chi connectivity index (χ2v) is 12.4. The van der Waals surface area contributed by atoms with Gasteiger partial charge in [0, 0.05) is 43.2 Å². The Morgan fingerprint density at radius 2 is 1.55 bits per heavy atom. The standard InChI is InChI=1S/C37H41BrN4O2/c1-27(33-13-8-14-34(30-11-6-3-7-12-30)36(33)37(44)40-22-21-39)42(35(43)25-28-15-17-31(38)18-16-28)32-19-23-41(24-20-32)26-29-9-4-2-5-10-29/h2-18,27,32H,19-26,39H2,1H3,(H,40,44). The average Bonchev–Trinajstić information content (AvgIpc) is 3.06. The summed E-state index contributed by atoms with van der Waals surface area (Å²) >= 11 is 3.51. The van der Waals surface area contributed by atoms with Gasteiger partial charge in [-0.15, -0.1) is 0 Å². The number of carbonyl (C=O) groups excluding carboxylic acids is 2. The van der Waals surface area contributed by atoms with E-state index in [1.807, 2.05) is 78.9 Å². The molecule has 1 saturated heterocycles. The van der Waals surface area contributed by atoms with Gasteiger partial charge in [-0.2, -0.15) is 0 Å². The Bertz CT molecular complexity index is 1520. The summed E-state index contributed by atoms with van der Waals surface area (Å²) in [7, 11) is 0. The highest BCUT2D eigenvalue weighted by molar-refractivity contribution is 9.10. The Morgan fingerprint density at radius 1 is 0.886 bits per heavy atom. The lowest BCUT2D eigenvalue weighted by molar-refractivity contribution is -0.136. The highest BCUT2D eigenvalue weighted by Crippen LogP contribution is 2.35. The summed E-state index contributed by atoms with van der Waals surface area (Å²) < 4.78 is 0.982. The first-order valence-corrected chi connectivity index (χ1v) is 16.2. The number of nitrogens with two attached hydrogens (primary N) is 1. The van der Waals surface area contributed by atoms with E-state index >= 15 is 0 Å². The summed E-state index contributed by atoms with van der Waals surface area (Å²) in [6, 6.07) is 34.1. The van der Waals surface area contributed by atoms with Crippen LogP contribution < -0.4 is 11.1 Å². The summed E-state index contributed by atoms with van der Waals surface area (Å²) in [5, 5.41) is 3.00. The zero-order chi connectivity index (χ0) is 30.9. The van der Waals surface area contributed by atoms with Crippen LogP contribution in [0.25, 0.3) is 11.1 Å². The molecule has 1 aliphatic rings. The van der Waals surface area contributed by atoms with Gasteiger partial charge in [-0.05, 0) is 59.7 Å². The zero-order valence-corrected chi connectivity index (χ0v) is 26.9. The monoisotopic (exact) mass is 652 g/mol. The molecule has 1 atom stereocenters. The van der Waals surface area contributed by atoms with Gasteiger partial charge in [0.2, 0.25) is 5.91 Å². The van der Waals surface area contributed by atoms with Crippen LogP contribution in [0.5, 0.6) is 0 Å². The van der Waals surface area contributed by atoms with Crippen molar-refractivity contribution in [3.8, 4) is 11.1 Å². The van der Waals surface area contributed by atoms with Crippen LogP contribution >= 0.6 is 15.9 Å². The van der Waals surface area contributed by atoms with Gasteiger partial charge in [0.15, 0.2) is 0 Å². The second kappa shape index (κ2) is 15.3. The molecule has 1 aliphatic heterocycles. The number of rotatable bonds is 11. The molecule has 2 amide bonds. The number of halogens is 1. The first kappa shape index (κ1) is 31.6. The van der Waals surface area contributed by atoms with Crippen molar-refractivity contribution >= 4 is 27.7 Å². The van der Waals surface area contributed by atoms with Crippen LogP contribution in [0.4, 0.5) is 0 Å². The Morgan fingerprint density at radius 3 is 2.20 bits per heavy atom. The number of benzene rings is 4. The highest BCUT2D eigenvalue weighted by Gasteiger charge is 2.34. The minimum atomic E-state index is -0.314. The van der Waals surface area contributed by atoms with E-state index in [1.54, 1.807) is 0 Å². The molecule has 4 aromatic rings. The molecular weight excluding hydrogens is 612 g/mol. The van der Waals surface area contributed by atoms with Crippen LogP contribution in [0.15, 0.2) is 108 Å². The number of carbonyl (C=O) groups is 2. The minimum absolute atomic E-state index is 0.0558. The molecule has 7 heteroatoms. The van der Waals surface area contributed by atoms with Crippen molar-refractivity contribution in [2.75, 3.05) is 26.2 Å². The molecule has 0 aromatic heterocycles. The first-order chi connectivity index (χ1) is 21.4. The van der Waals surface area contributed by atoms with Crippen LogP contribution in [0.3, 0.4) is 0 Å². The summed E-state index contributed by atoms with van der Waals surface area (Å²) in [5.74, 6) is -0.102. The van der Waals surface area contributed by atoms with Crippen molar-refractivity contribution in [1.82, 2.24) is 15.1 Å². The molecular formula is C37H41BrN4O2. The Hall–Kier alpha value is -3.78. The lowest BCUT2D eigenvalue weighted by Crippen LogP contribution is -2.49. The number of nitrogens with zero attached hydrogens (tertiary/aromatic N) is 2. The van der Waals surface area contributed by atoms with Gasteiger partial charge in [-0.25, -0.2) is 0 Å². The number of likely N-dealkylation sites (tertiary alicyclic amines) is 1. The van der Waals surface area contributed by atoms with E-state index in [-0.39, 0.29) is 23.9 Å². The third kappa shape index (κ3) is 7.83. The van der Waals surface area contributed by atoms with Gasteiger partial charge in [0.25, 0.3) is 5.91 Å². The fourth-order valence-corrected chi connectivity index (χ4v) is 6.52. The third-order valence-corrected chi connectivity index (χ3v) is 8.99. The molecule has 1 heterocycles. The van der Waals surface area contributed by atoms with E-state index in [9.17, 15) is 9.59 Å². The Kier molecular flexibility index (Phi) is 11.0. The van der Waals surface area contributed by atoms with Crippen molar-refractivity contribution in [3.05, 3.63) is 130 Å². The fourth-order valence-electron chi connectivity index (χ4n) is 6.26. The smallest absolute Gasteiger partial charge is 0.252 e. The van der Waals surface area contributed by atoms with Crippen LogP contribution in [0.1, 0.15) is 52.9 Å². The van der Waals surface area contributed by atoms with Crippen molar-refractivity contribution in [2.24, 2.45) is 5.73 Å². The van der Waals surface area contributed by atoms with E-state index in [4.69, 9.17) is 5.73 Å². The molecule has 1 unspecified atom stereocenters. The topological polar surface area (TPSA) is 78.7 Å². The molecule has 0 aliphatic carbocycles. The molecule has 44 heavy (non-hydrogen) atoms. The lowest BCUT2D eigenvalue weighted by Gasteiger charge is -2.42. The summed E-state index contributed by atoms with van der Waals surface area (Å²) in [4.78, 5) is 32.6. The second-order valence-electron chi connectivity index (χ2n) is 11.5.